The van der Waals surface area contributed by atoms with E-state index in [-0.39, 0.29) is 0 Å². The summed E-state index contributed by atoms with van der Waals surface area (Å²) >= 11 is 1.85. The quantitative estimate of drug-likeness (QED) is 0.919. The van der Waals surface area contributed by atoms with Gasteiger partial charge in [0.05, 0.1) is 17.9 Å². The lowest BCUT2D eigenvalue weighted by Gasteiger charge is -2.31. The molecule has 0 aliphatic carbocycles. The molecule has 3 heterocycles. The SMILES string of the molecule is CNCc1sc(N2CC3CCC(C2)O3)nc1C(C)C. The predicted molar refractivity (Wildman–Crippen MR) is 79.1 cm³/mol. The van der Waals surface area contributed by atoms with E-state index in [4.69, 9.17) is 9.72 Å². The van der Waals surface area contributed by atoms with Gasteiger partial charge in [0, 0.05) is 24.5 Å². The second-order valence-corrected chi connectivity index (χ2v) is 6.91. The Hall–Kier alpha value is -0.650. The maximum atomic E-state index is 5.90. The first-order chi connectivity index (χ1) is 9.17. The number of anilines is 1. The van der Waals surface area contributed by atoms with Crippen LogP contribution in [0.1, 0.15) is 43.2 Å². The van der Waals surface area contributed by atoms with Gasteiger partial charge in [-0.25, -0.2) is 4.98 Å². The third-order valence-corrected chi connectivity index (χ3v) is 5.05. The van der Waals surface area contributed by atoms with Crippen LogP contribution in [0.4, 0.5) is 5.13 Å². The summed E-state index contributed by atoms with van der Waals surface area (Å²) in [5, 5.41) is 4.44. The Bertz CT molecular complexity index is 434. The lowest BCUT2D eigenvalue weighted by atomic mass is 10.1. The Kier molecular flexibility index (Phi) is 3.78. The molecule has 2 saturated heterocycles. The summed E-state index contributed by atoms with van der Waals surface area (Å²) in [4.78, 5) is 8.71. The van der Waals surface area contributed by atoms with E-state index in [1.54, 1.807) is 0 Å². The van der Waals surface area contributed by atoms with E-state index in [2.05, 4.69) is 24.1 Å². The lowest BCUT2D eigenvalue weighted by Crippen LogP contribution is -2.42. The molecule has 4 nitrogen and oxygen atoms in total. The molecule has 0 aromatic carbocycles. The van der Waals surface area contributed by atoms with Crippen LogP contribution in [0.3, 0.4) is 0 Å². The molecule has 3 rings (SSSR count). The van der Waals surface area contributed by atoms with Crippen molar-refractivity contribution in [3.63, 3.8) is 0 Å². The van der Waals surface area contributed by atoms with Crippen molar-refractivity contribution in [1.82, 2.24) is 10.3 Å². The number of nitrogens with one attached hydrogen (secondary N) is 1. The van der Waals surface area contributed by atoms with Crippen LogP contribution in [-0.4, -0.2) is 37.3 Å². The molecule has 1 N–H and O–H groups in total. The van der Waals surface area contributed by atoms with Crippen LogP contribution in [0.25, 0.3) is 0 Å². The van der Waals surface area contributed by atoms with Crippen molar-refractivity contribution in [3.8, 4) is 0 Å². The first kappa shape index (κ1) is 13.3. The molecule has 2 aliphatic heterocycles. The molecule has 5 heteroatoms. The maximum absolute atomic E-state index is 5.90. The third-order valence-electron chi connectivity index (χ3n) is 3.91. The fourth-order valence-corrected chi connectivity index (χ4v) is 4.24. The number of rotatable bonds is 4. The van der Waals surface area contributed by atoms with Gasteiger partial charge in [-0.1, -0.05) is 13.8 Å². The Morgan fingerprint density at radius 2 is 2.05 bits per heavy atom. The number of hydrogen-bond acceptors (Lipinski definition) is 5. The van der Waals surface area contributed by atoms with Gasteiger partial charge in [-0.3, -0.25) is 0 Å². The van der Waals surface area contributed by atoms with Crippen molar-refractivity contribution in [2.45, 2.75) is 51.4 Å². The molecule has 0 saturated carbocycles. The Balaban J connectivity index is 1.82. The minimum Gasteiger partial charge on any atom is -0.371 e. The average molecular weight is 281 g/mol. The zero-order valence-corrected chi connectivity index (χ0v) is 12.8. The van der Waals surface area contributed by atoms with Gasteiger partial charge in [-0.15, -0.1) is 11.3 Å². The number of aromatic nitrogens is 1. The van der Waals surface area contributed by atoms with Gasteiger partial charge in [0.2, 0.25) is 0 Å². The molecule has 0 radical (unpaired) electrons. The van der Waals surface area contributed by atoms with Gasteiger partial charge in [-0.2, -0.15) is 0 Å². The molecule has 2 aliphatic rings. The van der Waals surface area contributed by atoms with Crippen molar-refractivity contribution in [1.29, 1.82) is 0 Å². The molecule has 19 heavy (non-hydrogen) atoms. The molecule has 0 spiro atoms. The number of fused-ring (bicyclic) bond motifs is 2. The summed E-state index contributed by atoms with van der Waals surface area (Å²) in [6.07, 6.45) is 3.29. The summed E-state index contributed by atoms with van der Waals surface area (Å²) in [7, 11) is 2.00. The van der Waals surface area contributed by atoms with E-state index < -0.39 is 0 Å². The fraction of sp³-hybridized carbons (Fsp3) is 0.786. The highest BCUT2D eigenvalue weighted by Gasteiger charge is 2.35. The predicted octanol–water partition coefficient (Wildman–Crippen LogP) is 2.35. The topological polar surface area (TPSA) is 37.4 Å². The van der Waals surface area contributed by atoms with Crippen LogP contribution < -0.4 is 10.2 Å². The molecular formula is C14H23N3OS. The van der Waals surface area contributed by atoms with Crippen molar-refractivity contribution < 1.29 is 4.74 Å². The zero-order valence-electron chi connectivity index (χ0n) is 12.0. The molecule has 2 unspecified atom stereocenters. The van der Waals surface area contributed by atoms with Gasteiger partial charge in [0.25, 0.3) is 0 Å². The molecule has 2 atom stereocenters. The Morgan fingerprint density at radius 3 is 2.63 bits per heavy atom. The summed E-state index contributed by atoms with van der Waals surface area (Å²) in [6.45, 7) is 7.39. The van der Waals surface area contributed by atoms with E-state index in [9.17, 15) is 0 Å². The van der Waals surface area contributed by atoms with E-state index in [1.807, 2.05) is 18.4 Å². The van der Waals surface area contributed by atoms with Gasteiger partial charge >= 0.3 is 0 Å². The standard InChI is InChI=1S/C14H23N3OS/c1-9(2)13-12(6-15-3)19-14(16-13)17-7-10-4-5-11(8-17)18-10/h9-11,15H,4-8H2,1-3H3. The first-order valence-corrected chi connectivity index (χ1v) is 8.03. The molecule has 2 bridgehead atoms. The largest absolute Gasteiger partial charge is 0.371 e. The molecule has 2 fully saturated rings. The van der Waals surface area contributed by atoms with E-state index in [0.29, 0.717) is 18.1 Å². The van der Waals surface area contributed by atoms with Gasteiger partial charge < -0.3 is 15.0 Å². The number of morpholine rings is 1. The minimum absolute atomic E-state index is 0.429. The van der Waals surface area contributed by atoms with Crippen LogP contribution in [0.2, 0.25) is 0 Å². The summed E-state index contributed by atoms with van der Waals surface area (Å²) in [5.41, 5.74) is 1.26. The van der Waals surface area contributed by atoms with Gasteiger partial charge in [0.15, 0.2) is 5.13 Å². The van der Waals surface area contributed by atoms with Gasteiger partial charge in [0.1, 0.15) is 0 Å². The van der Waals surface area contributed by atoms with Crippen molar-refractivity contribution in [2.24, 2.45) is 0 Å². The van der Waals surface area contributed by atoms with Crippen LogP contribution in [-0.2, 0) is 11.3 Å². The first-order valence-electron chi connectivity index (χ1n) is 7.22. The smallest absolute Gasteiger partial charge is 0.186 e. The second-order valence-electron chi connectivity index (χ2n) is 5.85. The van der Waals surface area contributed by atoms with Crippen molar-refractivity contribution in [2.75, 3.05) is 25.0 Å². The van der Waals surface area contributed by atoms with Crippen LogP contribution in [0.5, 0.6) is 0 Å². The van der Waals surface area contributed by atoms with Crippen molar-refractivity contribution in [3.05, 3.63) is 10.6 Å². The van der Waals surface area contributed by atoms with Crippen LogP contribution in [0.15, 0.2) is 0 Å². The van der Waals surface area contributed by atoms with Gasteiger partial charge in [-0.05, 0) is 25.8 Å². The molecule has 1 aromatic rings. The zero-order chi connectivity index (χ0) is 13.4. The van der Waals surface area contributed by atoms with E-state index in [0.717, 1.165) is 19.6 Å². The molecule has 1 aromatic heterocycles. The van der Waals surface area contributed by atoms with Crippen LogP contribution in [0, 0.1) is 0 Å². The average Bonchev–Trinajstić information content (AvgIpc) is 2.94. The Labute approximate surface area is 119 Å². The highest BCUT2D eigenvalue weighted by molar-refractivity contribution is 7.15. The summed E-state index contributed by atoms with van der Waals surface area (Å²) in [6, 6.07) is 0. The number of hydrogen-bond donors (Lipinski definition) is 1. The van der Waals surface area contributed by atoms with Crippen LogP contribution >= 0.6 is 11.3 Å². The third kappa shape index (κ3) is 2.64. The Morgan fingerprint density at radius 1 is 1.37 bits per heavy atom. The number of thiazole rings is 1. The maximum Gasteiger partial charge on any atom is 0.186 e. The normalized spacial score (nSPS) is 26.4. The van der Waals surface area contributed by atoms with E-state index in [1.165, 1.54) is 28.5 Å². The summed E-state index contributed by atoms with van der Waals surface area (Å²) in [5.74, 6) is 0.492. The van der Waals surface area contributed by atoms with E-state index >= 15 is 0 Å². The molecule has 0 amide bonds. The lowest BCUT2D eigenvalue weighted by molar-refractivity contribution is 0.0305. The monoisotopic (exact) mass is 281 g/mol. The number of ether oxygens (including phenoxy) is 1. The second kappa shape index (κ2) is 5.38. The highest BCUT2D eigenvalue weighted by atomic mass is 32.1. The highest BCUT2D eigenvalue weighted by Crippen LogP contribution is 2.35. The minimum atomic E-state index is 0.429. The van der Waals surface area contributed by atoms with Crippen molar-refractivity contribution >= 4 is 16.5 Å². The summed E-state index contributed by atoms with van der Waals surface area (Å²) < 4.78 is 5.90. The fourth-order valence-electron chi connectivity index (χ4n) is 3.00. The molecular weight excluding hydrogens is 258 g/mol. The molecule has 106 valence electrons. The number of nitrogens with zero attached hydrogens (tertiary/aromatic N) is 2.